The molecule has 0 aliphatic heterocycles. The molecule has 0 saturated heterocycles. The van der Waals surface area contributed by atoms with Crippen LogP contribution in [-0.2, 0) is 6.54 Å². The minimum absolute atomic E-state index is 0.698. The van der Waals surface area contributed by atoms with Crippen molar-refractivity contribution < 1.29 is 4.74 Å². The van der Waals surface area contributed by atoms with Gasteiger partial charge in [0.2, 0.25) is 0 Å². The van der Waals surface area contributed by atoms with Crippen LogP contribution in [0.25, 0.3) is 10.6 Å². The van der Waals surface area contributed by atoms with Crippen LogP contribution in [0, 0.1) is 0 Å². The summed E-state index contributed by atoms with van der Waals surface area (Å²) in [6.45, 7) is 6.59. The van der Waals surface area contributed by atoms with Crippen molar-refractivity contribution in [3.05, 3.63) is 35.3 Å². The predicted octanol–water partition coefficient (Wildman–Crippen LogP) is 3.32. The summed E-state index contributed by atoms with van der Waals surface area (Å²) < 4.78 is 5.43. The number of hydrogen-bond donors (Lipinski definition) is 1. The summed E-state index contributed by atoms with van der Waals surface area (Å²) in [5.74, 6) is 0.908. The number of aromatic nitrogens is 1. The Morgan fingerprint density at radius 3 is 2.67 bits per heavy atom. The number of benzene rings is 1. The van der Waals surface area contributed by atoms with Crippen molar-refractivity contribution in [2.75, 3.05) is 13.2 Å². The van der Waals surface area contributed by atoms with Gasteiger partial charge in [0.05, 0.1) is 12.3 Å². The number of hydrogen-bond acceptors (Lipinski definition) is 4. The fraction of sp³-hybridized carbons (Fsp3) is 0.357. The van der Waals surface area contributed by atoms with Crippen molar-refractivity contribution in [2.45, 2.75) is 20.4 Å². The highest BCUT2D eigenvalue weighted by Gasteiger charge is 2.04. The molecule has 1 N–H and O–H groups in total. The SMILES string of the molecule is CCNCc1csc(-c2ccc(OCC)cc2)n1. The summed E-state index contributed by atoms with van der Waals surface area (Å²) in [6.07, 6.45) is 0. The average Bonchev–Trinajstić information content (AvgIpc) is 2.86. The summed E-state index contributed by atoms with van der Waals surface area (Å²) in [7, 11) is 0. The molecule has 1 aromatic carbocycles. The summed E-state index contributed by atoms with van der Waals surface area (Å²) in [6, 6.07) is 8.09. The van der Waals surface area contributed by atoms with Gasteiger partial charge in [-0.15, -0.1) is 11.3 Å². The molecule has 0 saturated carbocycles. The smallest absolute Gasteiger partial charge is 0.123 e. The van der Waals surface area contributed by atoms with Crippen LogP contribution in [0.1, 0.15) is 19.5 Å². The second kappa shape index (κ2) is 6.52. The summed E-state index contributed by atoms with van der Waals surface area (Å²) in [5, 5.41) is 6.45. The molecule has 1 aromatic heterocycles. The molecule has 0 unspecified atom stereocenters. The lowest BCUT2D eigenvalue weighted by Gasteiger charge is -2.03. The van der Waals surface area contributed by atoms with E-state index in [1.807, 2.05) is 19.1 Å². The third-order valence-electron chi connectivity index (χ3n) is 2.52. The van der Waals surface area contributed by atoms with Gasteiger partial charge < -0.3 is 10.1 Å². The topological polar surface area (TPSA) is 34.1 Å². The van der Waals surface area contributed by atoms with E-state index < -0.39 is 0 Å². The lowest BCUT2D eigenvalue weighted by atomic mass is 10.2. The van der Waals surface area contributed by atoms with Gasteiger partial charge in [0.1, 0.15) is 10.8 Å². The molecule has 2 aromatic rings. The van der Waals surface area contributed by atoms with Gasteiger partial charge in [-0.2, -0.15) is 0 Å². The number of thiazole rings is 1. The average molecular weight is 262 g/mol. The predicted molar refractivity (Wildman–Crippen MR) is 76.1 cm³/mol. The van der Waals surface area contributed by atoms with Crippen molar-refractivity contribution >= 4 is 11.3 Å². The van der Waals surface area contributed by atoms with Crippen LogP contribution in [0.4, 0.5) is 0 Å². The molecule has 0 fully saturated rings. The van der Waals surface area contributed by atoms with Crippen molar-refractivity contribution in [3.8, 4) is 16.3 Å². The Morgan fingerprint density at radius 2 is 2.00 bits per heavy atom. The molecule has 0 bridgehead atoms. The largest absolute Gasteiger partial charge is 0.494 e. The Balaban J connectivity index is 2.08. The first-order valence-corrected chi connectivity index (χ1v) is 7.09. The van der Waals surface area contributed by atoms with E-state index in [4.69, 9.17) is 4.74 Å². The summed E-state index contributed by atoms with van der Waals surface area (Å²) >= 11 is 1.68. The molecule has 0 atom stereocenters. The second-order valence-corrected chi connectivity index (χ2v) is 4.74. The van der Waals surface area contributed by atoms with Crippen molar-refractivity contribution in [1.29, 1.82) is 0 Å². The Hall–Kier alpha value is -1.39. The normalized spacial score (nSPS) is 10.6. The highest BCUT2D eigenvalue weighted by Crippen LogP contribution is 2.25. The molecule has 0 spiro atoms. The molecule has 1 heterocycles. The molecular formula is C14H18N2OS. The lowest BCUT2D eigenvalue weighted by Crippen LogP contribution is -2.11. The van der Waals surface area contributed by atoms with Gasteiger partial charge in [-0.25, -0.2) is 4.98 Å². The minimum Gasteiger partial charge on any atom is -0.494 e. The fourth-order valence-electron chi connectivity index (χ4n) is 1.63. The van der Waals surface area contributed by atoms with E-state index >= 15 is 0 Å². The van der Waals surface area contributed by atoms with E-state index in [1.54, 1.807) is 11.3 Å². The first-order chi connectivity index (χ1) is 8.83. The fourth-order valence-corrected chi connectivity index (χ4v) is 2.46. The van der Waals surface area contributed by atoms with Crippen molar-refractivity contribution in [3.63, 3.8) is 0 Å². The molecule has 0 radical (unpaired) electrons. The van der Waals surface area contributed by atoms with E-state index in [1.165, 1.54) is 0 Å². The van der Waals surface area contributed by atoms with Crippen LogP contribution in [0.15, 0.2) is 29.6 Å². The Bertz CT molecular complexity index is 479. The van der Waals surface area contributed by atoms with Crippen LogP contribution in [0.2, 0.25) is 0 Å². The molecule has 96 valence electrons. The second-order valence-electron chi connectivity index (χ2n) is 3.88. The highest BCUT2D eigenvalue weighted by molar-refractivity contribution is 7.13. The maximum atomic E-state index is 5.43. The first kappa shape index (κ1) is 13.1. The van der Waals surface area contributed by atoms with Crippen LogP contribution < -0.4 is 10.1 Å². The Morgan fingerprint density at radius 1 is 1.22 bits per heavy atom. The molecule has 3 nitrogen and oxygen atoms in total. The zero-order valence-corrected chi connectivity index (χ0v) is 11.6. The molecule has 0 aliphatic carbocycles. The molecule has 18 heavy (non-hydrogen) atoms. The van der Waals surface area contributed by atoms with Crippen molar-refractivity contribution in [2.24, 2.45) is 0 Å². The maximum absolute atomic E-state index is 5.43. The summed E-state index contributed by atoms with van der Waals surface area (Å²) in [4.78, 5) is 4.61. The first-order valence-electron chi connectivity index (χ1n) is 6.21. The van der Waals surface area contributed by atoms with Gasteiger partial charge in [-0.3, -0.25) is 0 Å². The highest BCUT2D eigenvalue weighted by atomic mass is 32.1. The number of ether oxygens (including phenoxy) is 1. The van der Waals surface area contributed by atoms with Gasteiger partial charge in [-0.1, -0.05) is 6.92 Å². The Kier molecular flexibility index (Phi) is 4.73. The van der Waals surface area contributed by atoms with E-state index in [0.717, 1.165) is 35.1 Å². The Labute approximate surface area is 112 Å². The van der Waals surface area contributed by atoms with Crippen LogP contribution in [0.3, 0.4) is 0 Å². The number of rotatable bonds is 6. The lowest BCUT2D eigenvalue weighted by molar-refractivity contribution is 0.340. The number of nitrogens with one attached hydrogen (secondary N) is 1. The zero-order chi connectivity index (χ0) is 12.8. The minimum atomic E-state index is 0.698. The maximum Gasteiger partial charge on any atom is 0.123 e. The van der Waals surface area contributed by atoms with E-state index in [-0.39, 0.29) is 0 Å². The third-order valence-corrected chi connectivity index (χ3v) is 3.46. The zero-order valence-electron chi connectivity index (χ0n) is 10.8. The molecule has 2 rings (SSSR count). The van der Waals surface area contributed by atoms with Gasteiger partial charge >= 0.3 is 0 Å². The van der Waals surface area contributed by atoms with E-state index in [9.17, 15) is 0 Å². The molecule has 4 heteroatoms. The standard InChI is InChI=1S/C14H18N2OS/c1-3-15-9-12-10-18-14(16-12)11-5-7-13(8-6-11)17-4-2/h5-8,10,15H,3-4,9H2,1-2H3. The quantitative estimate of drug-likeness (QED) is 0.867. The van der Waals surface area contributed by atoms with Crippen molar-refractivity contribution in [1.82, 2.24) is 10.3 Å². The van der Waals surface area contributed by atoms with Gasteiger partial charge in [-0.05, 0) is 37.7 Å². The van der Waals surface area contributed by atoms with Gasteiger partial charge in [0.15, 0.2) is 0 Å². The molecule has 0 aliphatic rings. The number of nitrogens with zero attached hydrogens (tertiary/aromatic N) is 1. The molecule has 0 amide bonds. The van der Waals surface area contributed by atoms with Crippen LogP contribution >= 0.6 is 11.3 Å². The monoisotopic (exact) mass is 262 g/mol. The van der Waals surface area contributed by atoms with Gasteiger partial charge in [0, 0.05) is 17.5 Å². The van der Waals surface area contributed by atoms with Crippen LogP contribution in [0.5, 0.6) is 5.75 Å². The van der Waals surface area contributed by atoms with E-state index in [0.29, 0.717) is 6.61 Å². The van der Waals surface area contributed by atoms with Crippen LogP contribution in [-0.4, -0.2) is 18.1 Å². The molecular weight excluding hydrogens is 244 g/mol. The third kappa shape index (κ3) is 3.31. The summed E-state index contributed by atoms with van der Waals surface area (Å²) in [5.41, 5.74) is 2.25. The van der Waals surface area contributed by atoms with Gasteiger partial charge in [0.25, 0.3) is 0 Å². The van der Waals surface area contributed by atoms with E-state index in [2.05, 4.69) is 34.7 Å².